The predicted octanol–water partition coefficient (Wildman–Crippen LogP) is 2.30. The monoisotopic (exact) mass is 254 g/mol. The van der Waals surface area contributed by atoms with Gasteiger partial charge in [-0.3, -0.25) is 4.90 Å². The van der Waals surface area contributed by atoms with Crippen molar-refractivity contribution in [1.29, 1.82) is 0 Å². The Balaban J connectivity index is 2.61. The molecule has 1 aromatic rings. The Bertz CT molecular complexity index is 369. The molecule has 0 amide bonds. The number of aromatic hydroxyl groups is 1. The van der Waals surface area contributed by atoms with Crippen LogP contribution < -0.4 is 0 Å². The lowest BCUT2D eigenvalue weighted by Gasteiger charge is -2.23. The molecule has 0 aliphatic heterocycles. The van der Waals surface area contributed by atoms with Crippen LogP contribution in [0.4, 0.5) is 4.39 Å². The molecule has 0 heterocycles. The van der Waals surface area contributed by atoms with Crippen LogP contribution in [0.1, 0.15) is 18.9 Å². The van der Waals surface area contributed by atoms with Crippen molar-refractivity contribution in [3.05, 3.63) is 29.6 Å². The fraction of sp³-hybridized carbons (Fsp3) is 0.571. The number of hydrogen-bond donors (Lipinski definition) is 1. The van der Waals surface area contributed by atoms with Gasteiger partial charge in [-0.25, -0.2) is 4.39 Å². The number of benzene rings is 1. The van der Waals surface area contributed by atoms with Crippen molar-refractivity contribution >= 4 is 0 Å². The summed E-state index contributed by atoms with van der Waals surface area (Å²) in [5.74, 6) is -0.828. The Hall–Kier alpha value is -1.13. The Kier molecular flexibility index (Phi) is 6.09. The normalized spacial score (nSPS) is 11.4. The highest BCUT2D eigenvalue weighted by molar-refractivity contribution is 5.27. The standard InChI is InChI=1S/C14H23FN2O/c1-4-7-17(9-8-16(2)3)11-12-5-6-14(18)13(15)10-12/h5-6,10,18H,4,7-9,11H2,1-3H3. The lowest BCUT2D eigenvalue weighted by Crippen LogP contribution is -2.32. The molecule has 3 nitrogen and oxygen atoms in total. The maximum absolute atomic E-state index is 13.3. The van der Waals surface area contributed by atoms with Crippen LogP contribution in [0.2, 0.25) is 0 Å². The van der Waals surface area contributed by atoms with Crippen molar-refractivity contribution in [2.75, 3.05) is 33.7 Å². The lowest BCUT2D eigenvalue weighted by atomic mass is 10.2. The van der Waals surface area contributed by atoms with E-state index in [1.54, 1.807) is 6.07 Å². The molecule has 0 unspecified atom stereocenters. The number of hydrogen-bond acceptors (Lipinski definition) is 3. The van der Waals surface area contributed by atoms with Crippen LogP contribution in [0.5, 0.6) is 5.75 Å². The highest BCUT2D eigenvalue weighted by Crippen LogP contribution is 2.17. The van der Waals surface area contributed by atoms with E-state index in [9.17, 15) is 4.39 Å². The second-order valence-corrected chi connectivity index (χ2v) is 4.87. The van der Waals surface area contributed by atoms with Crippen LogP contribution in [-0.4, -0.2) is 48.6 Å². The zero-order valence-corrected chi connectivity index (χ0v) is 11.5. The van der Waals surface area contributed by atoms with Crippen LogP contribution >= 0.6 is 0 Å². The Morgan fingerprint density at radius 3 is 2.44 bits per heavy atom. The molecule has 1 aromatic carbocycles. The van der Waals surface area contributed by atoms with Gasteiger partial charge in [0.15, 0.2) is 11.6 Å². The van der Waals surface area contributed by atoms with Crippen LogP contribution in [0.3, 0.4) is 0 Å². The summed E-state index contributed by atoms with van der Waals surface area (Å²) in [4.78, 5) is 4.44. The van der Waals surface area contributed by atoms with Gasteiger partial charge in [0.25, 0.3) is 0 Å². The summed E-state index contributed by atoms with van der Waals surface area (Å²) in [6.07, 6.45) is 1.08. The molecule has 0 saturated carbocycles. The Labute approximate surface area is 109 Å². The molecule has 0 spiro atoms. The maximum atomic E-state index is 13.3. The van der Waals surface area contributed by atoms with E-state index in [-0.39, 0.29) is 5.75 Å². The van der Waals surface area contributed by atoms with Gasteiger partial charge < -0.3 is 10.0 Å². The highest BCUT2D eigenvalue weighted by atomic mass is 19.1. The van der Waals surface area contributed by atoms with Gasteiger partial charge in [-0.1, -0.05) is 13.0 Å². The molecule has 1 rings (SSSR count). The van der Waals surface area contributed by atoms with Gasteiger partial charge in [-0.2, -0.15) is 0 Å². The minimum atomic E-state index is -0.545. The average Bonchev–Trinajstić information content (AvgIpc) is 2.31. The van der Waals surface area contributed by atoms with Crippen LogP contribution in [0.25, 0.3) is 0 Å². The molecule has 0 aliphatic rings. The third kappa shape index (κ3) is 5.02. The smallest absolute Gasteiger partial charge is 0.165 e. The summed E-state index contributed by atoms with van der Waals surface area (Å²) in [5, 5.41) is 9.16. The van der Waals surface area contributed by atoms with Crippen molar-refractivity contribution in [3.8, 4) is 5.75 Å². The summed E-state index contributed by atoms with van der Waals surface area (Å²) >= 11 is 0. The van der Waals surface area contributed by atoms with E-state index in [2.05, 4.69) is 16.7 Å². The molecule has 0 bridgehead atoms. The number of likely N-dealkylation sites (N-methyl/N-ethyl adjacent to an activating group) is 1. The highest BCUT2D eigenvalue weighted by Gasteiger charge is 2.08. The van der Waals surface area contributed by atoms with Gasteiger partial charge in [0.2, 0.25) is 0 Å². The van der Waals surface area contributed by atoms with Gasteiger partial charge in [-0.15, -0.1) is 0 Å². The molecule has 0 atom stereocenters. The molecule has 0 saturated heterocycles. The van der Waals surface area contributed by atoms with E-state index in [4.69, 9.17) is 5.11 Å². The summed E-state index contributed by atoms with van der Waals surface area (Å²) in [5.41, 5.74) is 0.900. The lowest BCUT2D eigenvalue weighted by molar-refractivity contribution is 0.233. The summed E-state index contributed by atoms with van der Waals surface area (Å²) in [6, 6.07) is 4.60. The quantitative estimate of drug-likeness (QED) is 0.809. The third-order valence-electron chi connectivity index (χ3n) is 2.82. The molecule has 18 heavy (non-hydrogen) atoms. The van der Waals surface area contributed by atoms with Crippen LogP contribution in [0, 0.1) is 5.82 Å². The van der Waals surface area contributed by atoms with E-state index in [1.165, 1.54) is 12.1 Å². The van der Waals surface area contributed by atoms with Crippen molar-refractivity contribution < 1.29 is 9.50 Å². The Morgan fingerprint density at radius 1 is 1.17 bits per heavy atom. The zero-order chi connectivity index (χ0) is 13.5. The van der Waals surface area contributed by atoms with Gasteiger partial charge >= 0.3 is 0 Å². The molecule has 0 aliphatic carbocycles. The van der Waals surface area contributed by atoms with E-state index in [0.29, 0.717) is 0 Å². The fourth-order valence-electron chi connectivity index (χ4n) is 1.83. The minimum absolute atomic E-state index is 0.283. The zero-order valence-electron chi connectivity index (χ0n) is 11.5. The first-order valence-corrected chi connectivity index (χ1v) is 6.37. The molecular formula is C14H23FN2O. The van der Waals surface area contributed by atoms with Crippen LogP contribution in [-0.2, 0) is 6.54 Å². The SMILES string of the molecule is CCCN(CCN(C)C)Cc1ccc(O)c(F)c1. The van der Waals surface area contributed by atoms with E-state index in [0.717, 1.165) is 38.2 Å². The summed E-state index contributed by atoms with van der Waals surface area (Å²) in [7, 11) is 4.09. The van der Waals surface area contributed by atoms with E-state index >= 15 is 0 Å². The van der Waals surface area contributed by atoms with Gasteiger partial charge in [0.1, 0.15) is 0 Å². The molecular weight excluding hydrogens is 231 g/mol. The molecule has 4 heteroatoms. The van der Waals surface area contributed by atoms with Gasteiger partial charge in [-0.05, 0) is 44.8 Å². The second-order valence-electron chi connectivity index (χ2n) is 4.87. The average molecular weight is 254 g/mol. The van der Waals surface area contributed by atoms with Crippen LogP contribution in [0.15, 0.2) is 18.2 Å². The molecule has 1 N–H and O–H groups in total. The van der Waals surface area contributed by atoms with Gasteiger partial charge in [0.05, 0.1) is 0 Å². The number of phenols is 1. The first kappa shape index (κ1) is 14.9. The first-order valence-electron chi connectivity index (χ1n) is 6.37. The molecule has 102 valence electrons. The van der Waals surface area contributed by atoms with Crippen molar-refractivity contribution in [2.45, 2.75) is 19.9 Å². The Morgan fingerprint density at radius 2 is 1.89 bits per heavy atom. The van der Waals surface area contributed by atoms with Gasteiger partial charge in [0, 0.05) is 19.6 Å². The number of rotatable bonds is 7. The van der Waals surface area contributed by atoms with Crippen molar-refractivity contribution in [2.24, 2.45) is 0 Å². The molecule has 0 radical (unpaired) electrons. The largest absolute Gasteiger partial charge is 0.505 e. The van der Waals surface area contributed by atoms with Crippen molar-refractivity contribution in [3.63, 3.8) is 0 Å². The minimum Gasteiger partial charge on any atom is -0.505 e. The number of halogens is 1. The number of phenolic OH excluding ortho intramolecular Hbond substituents is 1. The second kappa shape index (κ2) is 7.34. The van der Waals surface area contributed by atoms with E-state index in [1.807, 2.05) is 14.1 Å². The van der Waals surface area contributed by atoms with E-state index < -0.39 is 5.82 Å². The number of nitrogens with zero attached hydrogens (tertiary/aromatic N) is 2. The predicted molar refractivity (Wildman–Crippen MR) is 72.2 cm³/mol. The molecule has 0 fully saturated rings. The topological polar surface area (TPSA) is 26.7 Å². The summed E-state index contributed by atoms with van der Waals surface area (Å²) < 4.78 is 13.3. The fourth-order valence-corrected chi connectivity index (χ4v) is 1.83. The first-order chi connectivity index (χ1) is 8.52. The molecule has 0 aromatic heterocycles. The third-order valence-corrected chi connectivity index (χ3v) is 2.82. The van der Waals surface area contributed by atoms with Crippen molar-refractivity contribution in [1.82, 2.24) is 9.80 Å². The summed E-state index contributed by atoms with van der Waals surface area (Å²) in [6.45, 7) is 5.80. The maximum Gasteiger partial charge on any atom is 0.165 e.